The van der Waals surface area contributed by atoms with Gasteiger partial charge in [-0.2, -0.15) is 0 Å². The number of furan rings is 1. The minimum Gasteiger partial charge on any atom is -0.454 e. The molecule has 13 aromatic rings. The molecule has 298 valence electrons. The van der Waals surface area contributed by atoms with E-state index in [-0.39, 0.29) is 0 Å². The van der Waals surface area contributed by atoms with Crippen LogP contribution in [-0.4, -0.2) is 24.5 Å². The van der Waals surface area contributed by atoms with E-state index in [1.54, 1.807) is 6.20 Å². The van der Waals surface area contributed by atoms with Crippen molar-refractivity contribution in [1.82, 2.24) is 24.5 Å². The molecule has 64 heavy (non-hydrogen) atoms. The smallest absolute Gasteiger partial charge is 0.166 e. The average Bonchev–Trinajstić information content (AvgIpc) is 3.91. The maximum Gasteiger partial charge on any atom is 0.166 e. The van der Waals surface area contributed by atoms with Crippen molar-refractivity contribution in [2.24, 2.45) is 0 Å². The molecule has 0 fully saturated rings. The highest BCUT2D eigenvalue weighted by Crippen LogP contribution is 2.38. The molecule has 0 aliphatic rings. The average molecular weight is 818 g/mol. The largest absolute Gasteiger partial charge is 0.454 e. The molecule has 6 nitrogen and oxygen atoms in total. The molecule has 0 aliphatic carbocycles. The fourth-order valence-corrected chi connectivity index (χ4v) is 9.37. The van der Waals surface area contributed by atoms with Crippen LogP contribution in [-0.2, 0) is 0 Å². The SMILES string of the molecule is c1ccc(-c2ccc3cc(-c4nc(-c5cccc(-c6ccc(-n7c8ccccc8c8cc9ccccc9cc87)cc6)c5)nc(-c5cncc6oc7ccccc7c56)n4)ccc3c2)cc1. The minimum atomic E-state index is 0.526. The molecule has 0 saturated heterocycles. The summed E-state index contributed by atoms with van der Waals surface area (Å²) in [4.78, 5) is 20.2. The zero-order valence-corrected chi connectivity index (χ0v) is 34.4. The number of fused-ring (bicyclic) bond motifs is 8. The molecule has 0 aliphatic heterocycles. The molecule has 9 aromatic carbocycles. The molecule has 0 amide bonds. The minimum absolute atomic E-state index is 0.526. The van der Waals surface area contributed by atoms with Crippen LogP contribution in [0, 0.1) is 0 Å². The number of aromatic nitrogens is 5. The highest BCUT2D eigenvalue weighted by atomic mass is 16.3. The Hall–Kier alpha value is -8.74. The van der Waals surface area contributed by atoms with Crippen molar-refractivity contribution in [2.45, 2.75) is 0 Å². The first-order chi connectivity index (χ1) is 31.7. The van der Waals surface area contributed by atoms with E-state index in [1.807, 2.05) is 30.5 Å². The summed E-state index contributed by atoms with van der Waals surface area (Å²) in [6.07, 6.45) is 3.59. The van der Waals surface area contributed by atoms with Crippen LogP contribution in [0.15, 0.2) is 217 Å². The number of nitrogens with zero attached hydrogens (tertiary/aromatic N) is 5. The van der Waals surface area contributed by atoms with Crippen molar-refractivity contribution in [3.8, 4) is 62.1 Å². The fraction of sp³-hybridized carbons (Fsp3) is 0. The number of pyridine rings is 1. The van der Waals surface area contributed by atoms with Gasteiger partial charge in [-0.15, -0.1) is 0 Å². The third-order valence-corrected chi connectivity index (χ3v) is 12.5. The van der Waals surface area contributed by atoms with Gasteiger partial charge >= 0.3 is 0 Å². The Balaban J connectivity index is 0.927. The number of benzene rings is 9. The number of rotatable bonds is 6. The molecule has 0 N–H and O–H groups in total. The Labute approximate surface area is 367 Å². The lowest BCUT2D eigenvalue weighted by molar-refractivity contribution is 0.667. The van der Waals surface area contributed by atoms with Crippen molar-refractivity contribution in [1.29, 1.82) is 0 Å². The quantitative estimate of drug-likeness (QED) is 0.167. The Bertz CT molecular complexity index is 3960. The summed E-state index contributed by atoms with van der Waals surface area (Å²) in [7, 11) is 0. The van der Waals surface area contributed by atoms with Gasteiger partial charge in [0.25, 0.3) is 0 Å². The summed E-state index contributed by atoms with van der Waals surface area (Å²) < 4.78 is 8.63. The lowest BCUT2D eigenvalue weighted by Crippen LogP contribution is -2.01. The molecular formula is C58H35N5O. The molecule has 4 heterocycles. The van der Waals surface area contributed by atoms with E-state index in [0.717, 1.165) is 60.6 Å². The van der Waals surface area contributed by atoms with Crippen LogP contribution in [0.4, 0.5) is 0 Å². The van der Waals surface area contributed by atoms with Gasteiger partial charge in [-0.3, -0.25) is 4.98 Å². The molecule has 6 heteroatoms. The van der Waals surface area contributed by atoms with Crippen LogP contribution >= 0.6 is 0 Å². The van der Waals surface area contributed by atoms with E-state index in [9.17, 15) is 0 Å². The highest BCUT2D eigenvalue weighted by Gasteiger charge is 2.19. The molecule has 0 spiro atoms. The van der Waals surface area contributed by atoms with Gasteiger partial charge in [0, 0.05) is 50.1 Å². The van der Waals surface area contributed by atoms with Gasteiger partial charge in [-0.1, -0.05) is 146 Å². The molecule has 0 atom stereocenters. The van der Waals surface area contributed by atoms with Crippen LogP contribution in [0.1, 0.15) is 0 Å². The van der Waals surface area contributed by atoms with Gasteiger partial charge in [-0.25, -0.2) is 15.0 Å². The van der Waals surface area contributed by atoms with Crippen LogP contribution in [0.25, 0.3) is 127 Å². The maximum absolute atomic E-state index is 6.25. The molecule has 0 unspecified atom stereocenters. The van der Waals surface area contributed by atoms with Crippen molar-refractivity contribution in [3.05, 3.63) is 213 Å². The van der Waals surface area contributed by atoms with Crippen molar-refractivity contribution >= 4 is 65.3 Å². The molecular weight excluding hydrogens is 783 g/mol. The summed E-state index contributed by atoms with van der Waals surface area (Å²) in [5.41, 5.74) is 12.0. The first-order valence-electron chi connectivity index (χ1n) is 21.4. The summed E-state index contributed by atoms with van der Waals surface area (Å²) in [6.45, 7) is 0. The third kappa shape index (κ3) is 5.96. The van der Waals surface area contributed by atoms with Gasteiger partial charge < -0.3 is 8.98 Å². The van der Waals surface area contributed by atoms with Gasteiger partial charge in [0.15, 0.2) is 23.1 Å². The Morgan fingerprint density at radius 1 is 0.344 bits per heavy atom. The second-order valence-electron chi connectivity index (χ2n) is 16.3. The zero-order valence-electron chi connectivity index (χ0n) is 34.4. The molecule has 0 saturated carbocycles. The first-order valence-corrected chi connectivity index (χ1v) is 21.4. The van der Waals surface area contributed by atoms with Crippen LogP contribution in [0.5, 0.6) is 0 Å². The van der Waals surface area contributed by atoms with E-state index in [1.165, 1.54) is 43.7 Å². The van der Waals surface area contributed by atoms with Crippen molar-refractivity contribution in [3.63, 3.8) is 0 Å². The summed E-state index contributed by atoms with van der Waals surface area (Å²) >= 11 is 0. The van der Waals surface area contributed by atoms with Crippen LogP contribution in [0.2, 0.25) is 0 Å². The molecule has 13 rings (SSSR count). The Morgan fingerprint density at radius 2 is 0.922 bits per heavy atom. The van der Waals surface area contributed by atoms with Gasteiger partial charge in [0.1, 0.15) is 5.58 Å². The lowest BCUT2D eigenvalue weighted by Gasteiger charge is -2.12. The number of para-hydroxylation sites is 2. The summed E-state index contributed by atoms with van der Waals surface area (Å²) in [5, 5.41) is 9.10. The third-order valence-electron chi connectivity index (χ3n) is 12.5. The standard InChI is InChI=1S/C58H35N5O/c1-2-11-36(12-3-1)41-21-22-43-31-45(24-23-42(43)29-41)57-60-56(61-58(62-57)50-34-59-35-54-55(50)48-18-7-9-20-53(48)64-54)44-16-10-15-38(30-44)37-25-27-46(28-26-37)63-51-19-8-6-17-47(51)49-32-39-13-4-5-14-40(39)33-52(49)63/h1-35H. The predicted octanol–water partition coefficient (Wildman–Crippen LogP) is 14.9. The summed E-state index contributed by atoms with van der Waals surface area (Å²) in [6, 6.07) is 70.7. The molecule has 4 aromatic heterocycles. The van der Waals surface area contributed by atoms with E-state index in [4.69, 9.17) is 19.4 Å². The van der Waals surface area contributed by atoms with Crippen molar-refractivity contribution < 1.29 is 4.42 Å². The molecule has 0 radical (unpaired) electrons. The topological polar surface area (TPSA) is 69.6 Å². The monoisotopic (exact) mass is 817 g/mol. The van der Waals surface area contributed by atoms with E-state index >= 15 is 0 Å². The summed E-state index contributed by atoms with van der Waals surface area (Å²) in [5.74, 6) is 1.67. The van der Waals surface area contributed by atoms with Gasteiger partial charge in [-0.05, 0) is 98.4 Å². The van der Waals surface area contributed by atoms with E-state index in [2.05, 4.69) is 185 Å². The van der Waals surface area contributed by atoms with Crippen LogP contribution in [0.3, 0.4) is 0 Å². The Morgan fingerprint density at radius 3 is 1.75 bits per heavy atom. The second kappa shape index (κ2) is 14.4. The predicted molar refractivity (Wildman–Crippen MR) is 261 cm³/mol. The zero-order chi connectivity index (χ0) is 42.1. The fourth-order valence-electron chi connectivity index (χ4n) is 9.37. The Kier molecular flexibility index (Phi) is 8.11. The highest BCUT2D eigenvalue weighted by molar-refractivity contribution is 6.14. The maximum atomic E-state index is 6.25. The van der Waals surface area contributed by atoms with Gasteiger partial charge in [0.2, 0.25) is 0 Å². The number of hydrogen-bond donors (Lipinski definition) is 0. The lowest BCUT2D eigenvalue weighted by atomic mass is 9.99. The van der Waals surface area contributed by atoms with Crippen molar-refractivity contribution in [2.75, 3.05) is 0 Å². The van der Waals surface area contributed by atoms with Gasteiger partial charge in [0.05, 0.1) is 17.2 Å². The van der Waals surface area contributed by atoms with Crippen LogP contribution < -0.4 is 0 Å². The normalized spacial score (nSPS) is 11.8. The number of hydrogen-bond acceptors (Lipinski definition) is 5. The van der Waals surface area contributed by atoms with E-state index < -0.39 is 0 Å². The molecule has 0 bridgehead atoms. The first kappa shape index (κ1) is 36.0. The second-order valence-corrected chi connectivity index (χ2v) is 16.3. The van der Waals surface area contributed by atoms with E-state index in [0.29, 0.717) is 23.1 Å².